The molecule has 2 N–H and O–H groups in total. The zero-order chi connectivity index (χ0) is 13.2. The molecule has 0 heterocycles. The summed E-state index contributed by atoms with van der Waals surface area (Å²) >= 11 is 0. The van der Waals surface area contributed by atoms with Gasteiger partial charge in [0, 0.05) is 17.7 Å². The molecule has 1 aromatic carbocycles. The lowest BCUT2D eigenvalue weighted by Gasteiger charge is -2.15. The number of hydrogen-bond donors (Lipinski definition) is 1. The van der Waals surface area contributed by atoms with Crippen molar-refractivity contribution in [2.24, 2.45) is 5.73 Å². The van der Waals surface area contributed by atoms with Crippen LogP contribution in [0.2, 0.25) is 0 Å². The van der Waals surface area contributed by atoms with E-state index in [-0.39, 0.29) is 0 Å². The summed E-state index contributed by atoms with van der Waals surface area (Å²) in [6.07, 6.45) is -5.82. The van der Waals surface area contributed by atoms with Crippen LogP contribution in [-0.2, 0) is 6.42 Å². The first-order chi connectivity index (χ1) is 7.71. The first kappa shape index (κ1) is 13.8. The summed E-state index contributed by atoms with van der Waals surface area (Å²) in [5.74, 6) is -3.54. The van der Waals surface area contributed by atoms with Gasteiger partial charge in [0.25, 0.3) is 0 Å². The van der Waals surface area contributed by atoms with E-state index in [0.29, 0.717) is 12.1 Å². The molecule has 1 unspecified atom stereocenters. The number of hydrogen-bond acceptors (Lipinski definition) is 1. The van der Waals surface area contributed by atoms with Crippen molar-refractivity contribution < 1.29 is 26.3 Å². The van der Waals surface area contributed by atoms with Crippen molar-refractivity contribution in [3.63, 3.8) is 0 Å². The second-order valence-electron chi connectivity index (χ2n) is 3.53. The lowest BCUT2D eigenvalue weighted by atomic mass is 10.0. The molecule has 0 radical (unpaired) electrons. The van der Waals surface area contributed by atoms with E-state index in [1.165, 1.54) is 0 Å². The summed E-state index contributed by atoms with van der Waals surface area (Å²) in [6, 6.07) is -1.33. The summed E-state index contributed by atoms with van der Waals surface area (Å²) in [7, 11) is 0. The third kappa shape index (κ3) is 3.62. The SMILES string of the molecule is NC(CCc1c(F)cc(F)cc1F)C(F)(F)F. The van der Waals surface area contributed by atoms with Crippen molar-refractivity contribution in [1.82, 2.24) is 0 Å². The zero-order valence-electron chi connectivity index (χ0n) is 8.49. The first-order valence-electron chi connectivity index (χ1n) is 4.67. The highest BCUT2D eigenvalue weighted by Gasteiger charge is 2.36. The molecule has 0 aliphatic rings. The number of halogens is 6. The van der Waals surface area contributed by atoms with Gasteiger partial charge in [-0.15, -0.1) is 0 Å². The molecule has 0 aliphatic heterocycles. The molecular formula is C10H9F6N. The lowest BCUT2D eigenvalue weighted by molar-refractivity contribution is -0.148. The minimum Gasteiger partial charge on any atom is -0.320 e. The predicted octanol–water partition coefficient (Wildman–Crippen LogP) is 2.93. The maximum absolute atomic E-state index is 13.1. The summed E-state index contributed by atoms with van der Waals surface area (Å²) in [5.41, 5.74) is 4.19. The Morgan fingerprint density at radius 1 is 1.06 bits per heavy atom. The fourth-order valence-electron chi connectivity index (χ4n) is 1.27. The highest BCUT2D eigenvalue weighted by Crippen LogP contribution is 2.23. The monoisotopic (exact) mass is 257 g/mol. The van der Waals surface area contributed by atoms with Crippen molar-refractivity contribution in [3.8, 4) is 0 Å². The Bertz CT molecular complexity index is 377. The van der Waals surface area contributed by atoms with E-state index < -0.39 is 48.1 Å². The Morgan fingerprint density at radius 2 is 1.53 bits per heavy atom. The summed E-state index contributed by atoms with van der Waals surface area (Å²) in [6.45, 7) is 0. The molecular weight excluding hydrogens is 248 g/mol. The third-order valence-corrected chi connectivity index (χ3v) is 2.23. The van der Waals surface area contributed by atoms with Gasteiger partial charge in [0.05, 0.1) is 0 Å². The van der Waals surface area contributed by atoms with Crippen LogP contribution in [0.3, 0.4) is 0 Å². The van der Waals surface area contributed by atoms with Crippen LogP contribution in [0.5, 0.6) is 0 Å². The predicted molar refractivity (Wildman–Crippen MR) is 48.7 cm³/mol. The van der Waals surface area contributed by atoms with E-state index in [2.05, 4.69) is 0 Å². The summed E-state index contributed by atoms with van der Waals surface area (Å²) in [4.78, 5) is 0. The highest BCUT2D eigenvalue weighted by molar-refractivity contribution is 5.21. The van der Waals surface area contributed by atoms with Crippen molar-refractivity contribution >= 4 is 0 Å². The van der Waals surface area contributed by atoms with Gasteiger partial charge in [0.2, 0.25) is 0 Å². The number of alkyl halides is 3. The molecule has 0 saturated heterocycles. The molecule has 96 valence electrons. The van der Waals surface area contributed by atoms with Gasteiger partial charge in [-0.1, -0.05) is 0 Å². The molecule has 1 nitrogen and oxygen atoms in total. The van der Waals surface area contributed by atoms with Crippen LogP contribution < -0.4 is 5.73 Å². The molecule has 0 fully saturated rings. The van der Waals surface area contributed by atoms with Gasteiger partial charge in [-0.2, -0.15) is 13.2 Å². The average Bonchev–Trinajstić information content (AvgIpc) is 2.13. The highest BCUT2D eigenvalue weighted by atomic mass is 19.4. The Morgan fingerprint density at radius 3 is 1.94 bits per heavy atom. The standard InChI is InChI=1S/C10H9F6N/c11-5-3-7(12)6(8(13)4-5)1-2-9(17)10(14,15)16/h3-4,9H,1-2,17H2. The Kier molecular flexibility index (Phi) is 4.03. The second-order valence-corrected chi connectivity index (χ2v) is 3.53. The lowest BCUT2D eigenvalue weighted by Crippen LogP contribution is -2.37. The van der Waals surface area contributed by atoms with Gasteiger partial charge in [-0.05, 0) is 12.8 Å². The number of rotatable bonds is 3. The van der Waals surface area contributed by atoms with Crippen LogP contribution in [-0.4, -0.2) is 12.2 Å². The van der Waals surface area contributed by atoms with E-state index in [0.717, 1.165) is 0 Å². The molecule has 1 atom stereocenters. The maximum atomic E-state index is 13.1. The van der Waals surface area contributed by atoms with Gasteiger partial charge in [0.15, 0.2) is 0 Å². The molecule has 17 heavy (non-hydrogen) atoms. The Balaban J connectivity index is 2.77. The summed E-state index contributed by atoms with van der Waals surface area (Å²) in [5, 5.41) is 0. The van der Waals surface area contributed by atoms with E-state index in [1.54, 1.807) is 0 Å². The minimum atomic E-state index is -4.62. The zero-order valence-corrected chi connectivity index (χ0v) is 8.49. The minimum absolute atomic E-state index is 0.414. The second kappa shape index (κ2) is 4.95. The maximum Gasteiger partial charge on any atom is 0.403 e. The van der Waals surface area contributed by atoms with Crippen molar-refractivity contribution in [1.29, 1.82) is 0 Å². The Labute approximate surface area is 93.2 Å². The largest absolute Gasteiger partial charge is 0.403 e. The molecule has 0 amide bonds. The molecule has 0 aromatic heterocycles. The molecule has 1 aromatic rings. The normalized spacial score (nSPS) is 13.8. The van der Waals surface area contributed by atoms with Crippen LogP contribution in [0.1, 0.15) is 12.0 Å². The topological polar surface area (TPSA) is 26.0 Å². The van der Waals surface area contributed by atoms with E-state index in [1.807, 2.05) is 0 Å². The first-order valence-corrected chi connectivity index (χ1v) is 4.67. The van der Waals surface area contributed by atoms with E-state index in [9.17, 15) is 26.3 Å². The molecule has 0 spiro atoms. The molecule has 7 heteroatoms. The van der Waals surface area contributed by atoms with Gasteiger partial charge >= 0.3 is 6.18 Å². The van der Waals surface area contributed by atoms with Crippen LogP contribution in [0.4, 0.5) is 26.3 Å². The number of benzene rings is 1. The molecule has 0 aliphatic carbocycles. The van der Waals surface area contributed by atoms with Crippen molar-refractivity contribution in [2.45, 2.75) is 25.1 Å². The molecule has 0 saturated carbocycles. The molecule has 0 bridgehead atoms. The fraction of sp³-hybridized carbons (Fsp3) is 0.400. The van der Waals surface area contributed by atoms with Crippen LogP contribution in [0.25, 0.3) is 0 Å². The quantitative estimate of drug-likeness (QED) is 0.828. The van der Waals surface area contributed by atoms with Gasteiger partial charge in [-0.3, -0.25) is 0 Å². The number of nitrogens with two attached hydrogens (primary N) is 1. The van der Waals surface area contributed by atoms with Gasteiger partial charge < -0.3 is 5.73 Å². The van der Waals surface area contributed by atoms with Gasteiger partial charge in [-0.25, -0.2) is 13.2 Å². The van der Waals surface area contributed by atoms with Crippen LogP contribution in [0, 0.1) is 17.5 Å². The van der Waals surface area contributed by atoms with Crippen molar-refractivity contribution in [2.75, 3.05) is 0 Å². The smallest absolute Gasteiger partial charge is 0.320 e. The van der Waals surface area contributed by atoms with Crippen LogP contribution >= 0.6 is 0 Å². The van der Waals surface area contributed by atoms with E-state index in [4.69, 9.17) is 5.73 Å². The average molecular weight is 257 g/mol. The fourth-order valence-corrected chi connectivity index (χ4v) is 1.27. The third-order valence-electron chi connectivity index (χ3n) is 2.23. The molecule has 1 rings (SSSR count). The van der Waals surface area contributed by atoms with Crippen LogP contribution in [0.15, 0.2) is 12.1 Å². The van der Waals surface area contributed by atoms with Crippen molar-refractivity contribution in [3.05, 3.63) is 35.1 Å². The van der Waals surface area contributed by atoms with Gasteiger partial charge in [0.1, 0.15) is 23.5 Å². The Hall–Kier alpha value is -1.24. The van der Waals surface area contributed by atoms with E-state index >= 15 is 0 Å². The summed E-state index contributed by atoms with van der Waals surface area (Å²) < 4.78 is 74.8.